The molecule has 0 amide bonds. The highest BCUT2D eigenvalue weighted by atomic mass is 32.2. The highest BCUT2D eigenvalue weighted by Crippen LogP contribution is 2.15. The molecule has 0 atom stereocenters. The second-order valence-electron chi connectivity index (χ2n) is 3.99. The van der Waals surface area contributed by atoms with Crippen molar-refractivity contribution in [2.45, 2.75) is 27.2 Å². The molecule has 3 heteroatoms. The molecule has 0 saturated heterocycles. The lowest BCUT2D eigenvalue weighted by Crippen LogP contribution is -1.90. The van der Waals surface area contributed by atoms with Gasteiger partial charge in [0.2, 0.25) is 0 Å². The lowest BCUT2D eigenvalue weighted by Gasteiger charge is -2.03. The second kappa shape index (κ2) is 6.89. The standard InChI is InChI=1S/C15H15NOS/c1-11-8-14(10-16)9-12(2)15(11)6-4-5-7-18-13(3)17/h8-9H,5,7H2,1-3H3. The van der Waals surface area contributed by atoms with Gasteiger partial charge in [-0.05, 0) is 37.1 Å². The number of benzene rings is 1. The number of rotatable bonds is 2. The monoisotopic (exact) mass is 257 g/mol. The van der Waals surface area contributed by atoms with Gasteiger partial charge in [-0.1, -0.05) is 23.6 Å². The van der Waals surface area contributed by atoms with Crippen molar-refractivity contribution in [3.05, 3.63) is 34.4 Å². The van der Waals surface area contributed by atoms with Crippen LogP contribution in [-0.4, -0.2) is 10.9 Å². The van der Waals surface area contributed by atoms with Crippen LogP contribution in [-0.2, 0) is 4.79 Å². The first-order valence-corrected chi connectivity index (χ1v) is 6.66. The van der Waals surface area contributed by atoms with Gasteiger partial charge < -0.3 is 0 Å². The summed E-state index contributed by atoms with van der Waals surface area (Å²) in [6.45, 7) is 5.48. The van der Waals surface area contributed by atoms with E-state index in [0.717, 1.165) is 22.4 Å². The van der Waals surface area contributed by atoms with Crippen LogP contribution in [0.4, 0.5) is 0 Å². The Morgan fingerprint density at radius 2 is 1.94 bits per heavy atom. The van der Waals surface area contributed by atoms with E-state index < -0.39 is 0 Å². The zero-order valence-corrected chi connectivity index (χ0v) is 11.6. The van der Waals surface area contributed by atoms with Gasteiger partial charge >= 0.3 is 0 Å². The summed E-state index contributed by atoms with van der Waals surface area (Å²) in [6.07, 6.45) is 0.698. The average molecular weight is 257 g/mol. The largest absolute Gasteiger partial charge is 0.288 e. The zero-order valence-electron chi connectivity index (χ0n) is 10.8. The molecular weight excluding hydrogens is 242 g/mol. The number of hydrogen-bond acceptors (Lipinski definition) is 3. The van der Waals surface area contributed by atoms with E-state index in [0.29, 0.717) is 12.0 Å². The number of nitrogens with zero attached hydrogens (tertiary/aromatic N) is 1. The fourth-order valence-corrected chi connectivity index (χ4v) is 2.11. The van der Waals surface area contributed by atoms with E-state index in [2.05, 4.69) is 17.9 Å². The van der Waals surface area contributed by atoms with E-state index in [1.807, 2.05) is 26.0 Å². The van der Waals surface area contributed by atoms with Crippen molar-refractivity contribution in [3.8, 4) is 17.9 Å². The Hall–Kier alpha value is -1.71. The molecule has 18 heavy (non-hydrogen) atoms. The SMILES string of the molecule is CC(=O)SCCC#Cc1c(C)cc(C#N)cc1C. The number of nitriles is 1. The lowest BCUT2D eigenvalue weighted by molar-refractivity contribution is -0.109. The first kappa shape index (κ1) is 14.4. The molecule has 2 nitrogen and oxygen atoms in total. The quantitative estimate of drug-likeness (QED) is 0.603. The van der Waals surface area contributed by atoms with Crippen LogP contribution < -0.4 is 0 Å². The molecule has 0 fully saturated rings. The minimum absolute atomic E-state index is 0.127. The molecule has 1 aromatic carbocycles. The molecular formula is C15H15NOS. The normalized spacial score (nSPS) is 9.22. The minimum Gasteiger partial charge on any atom is -0.288 e. The fraction of sp³-hybridized carbons (Fsp3) is 0.333. The first-order valence-electron chi connectivity index (χ1n) is 5.68. The maximum absolute atomic E-state index is 10.7. The van der Waals surface area contributed by atoms with Gasteiger partial charge in [0.15, 0.2) is 5.12 Å². The van der Waals surface area contributed by atoms with E-state index >= 15 is 0 Å². The number of aryl methyl sites for hydroxylation is 2. The van der Waals surface area contributed by atoms with Gasteiger partial charge in [-0.25, -0.2) is 0 Å². The van der Waals surface area contributed by atoms with Crippen molar-refractivity contribution in [1.82, 2.24) is 0 Å². The second-order valence-corrected chi connectivity index (χ2v) is 5.26. The molecule has 0 N–H and O–H groups in total. The highest BCUT2D eigenvalue weighted by molar-refractivity contribution is 8.13. The summed E-state index contributed by atoms with van der Waals surface area (Å²) in [5.74, 6) is 6.93. The van der Waals surface area contributed by atoms with Crippen LogP contribution in [0.3, 0.4) is 0 Å². The Bertz CT molecular complexity index is 535. The van der Waals surface area contributed by atoms with Gasteiger partial charge in [0, 0.05) is 24.7 Å². The van der Waals surface area contributed by atoms with Crippen LogP contribution in [0.25, 0.3) is 0 Å². The van der Waals surface area contributed by atoms with Gasteiger partial charge in [0.05, 0.1) is 11.6 Å². The predicted octanol–water partition coefficient (Wildman–Crippen LogP) is 3.20. The van der Waals surface area contributed by atoms with Crippen molar-refractivity contribution in [1.29, 1.82) is 5.26 Å². The summed E-state index contributed by atoms with van der Waals surface area (Å²) < 4.78 is 0. The summed E-state index contributed by atoms with van der Waals surface area (Å²) >= 11 is 1.30. The smallest absolute Gasteiger partial charge is 0.185 e. The van der Waals surface area contributed by atoms with Gasteiger partial charge in [0.25, 0.3) is 0 Å². The molecule has 0 aromatic heterocycles. The number of hydrogen-bond donors (Lipinski definition) is 0. The Morgan fingerprint density at radius 1 is 1.33 bits per heavy atom. The molecule has 1 aromatic rings. The van der Waals surface area contributed by atoms with Crippen LogP contribution >= 0.6 is 11.8 Å². The summed E-state index contributed by atoms with van der Waals surface area (Å²) in [7, 11) is 0. The van der Waals surface area contributed by atoms with E-state index in [4.69, 9.17) is 5.26 Å². The van der Waals surface area contributed by atoms with E-state index in [1.54, 1.807) is 6.92 Å². The summed E-state index contributed by atoms with van der Waals surface area (Å²) in [5.41, 5.74) is 3.71. The number of thioether (sulfide) groups is 1. The van der Waals surface area contributed by atoms with Crippen LogP contribution in [0.2, 0.25) is 0 Å². The van der Waals surface area contributed by atoms with E-state index in [9.17, 15) is 4.79 Å². The highest BCUT2D eigenvalue weighted by Gasteiger charge is 2.02. The van der Waals surface area contributed by atoms with Gasteiger partial charge in [-0.15, -0.1) is 0 Å². The summed E-state index contributed by atoms with van der Waals surface area (Å²) in [5, 5.41) is 8.98. The van der Waals surface area contributed by atoms with E-state index in [-0.39, 0.29) is 5.12 Å². The third kappa shape index (κ3) is 4.28. The average Bonchev–Trinajstić information content (AvgIpc) is 2.31. The number of carbonyl (C=O) groups is 1. The van der Waals surface area contributed by atoms with Gasteiger partial charge in [-0.3, -0.25) is 4.79 Å². The van der Waals surface area contributed by atoms with Gasteiger partial charge in [0.1, 0.15) is 0 Å². The fourth-order valence-electron chi connectivity index (χ4n) is 1.62. The van der Waals surface area contributed by atoms with Crippen molar-refractivity contribution < 1.29 is 4.79 Å². The summed E-state index contributed by atoms with van der Waals surface area (Å²) in [4.78, 5) is 10.7. The molecule has 0 radical (unpaired) electrons. The molecule has 0 spiro atoms. The van der Waals surface area contributed by atoms with E-state index in [1.165, 1.54) is 11.8 Å². The molecule has 0 aliphatic heterocycles. The Kier molecular flexibility index (Phi) is 5.49. The molecule has 0 aliphatic rings. The van der Waals surface area contributed by atoms with Crippen LogP contribution in [0.5, 0.6) is 0 Å². The molecule has 0 aliphatic carbocycles. The predicted molar refractivity (Wildman–Crippen MR) is 75.3 cm³/mol. The van der Waals surface area contributed by atoms with Gasteiger partial charge in [-0.2, -0.15) is 5.26 Å². The van der Waals surface area contributed by atoms with Crippen molar-refractivity contribution in [3.63, 3.8) is 0 Å². The minimum atomic E-state index is 0.127. The molecule has 1 rings (SSSR count). The van der Waals surface area contributed by atoms with Crippen molar-refractivity contribution in [2.24, 2.45) is 0 Å². The zero-order chi connectivity index (χ0) is 13.5. The maximum atomic E-state index is 10.7. The lowest BCUT2D eigenvalue weighted by atomic mass is 10.00. The van der Waals surface area contributed by atoms with Crippen molar-refractivity contribution >= 4 is 16.9 Å². The van der Waals surface area contributed by atoms with Crippen LogP contribution in [0.1, 0.15) is 35.6 Å². The molecule has 0 heterocycles. The maximum Gasteiger partial charge on any atom is 0.185 e. The molecule has 0 bridgehead atoms. The summed E-state index contributed by atoms with van der Waals surface area (Å²) in [6, 6.07) is 5.83. The third-order valence-electron chi connectivity index (χ3n) is 2.41. The Morgan fingerprint density at radius 3 is 2.44 bits per heavy atom. The molecule has 92 valence electrons. The van der Waals surface area contributed by atoms with Crippen LogP contribution in [0.15, 0.2) is 12.1 Å². The first-order chi connectivity index (χ1) is 8.54. The van der Waals surface area contributed by atoms with Crippen LogP contribution in [0, 0.1) is 37.0 Å². The molecule has 0 unspecified atom stereocenters. The topological polar surface area (TPSA) is 40.9 Å². The Labute approximate surface area is 112 Å². The number of carbonyl (C=O) groups excluding carboxylic acids is 1. The van der Waals surface area contributed by atoms with Crippen molar-refractivity contribution in [2.75, 3.05) is 5.75 Å². The third-order valence-corrected chi connectivity index (χ3v) is 3.22. The Balaban J connectivity index is 2.77. The molecule has 0 saturated carbocycles.